The van der Waals surface area contributed by atoms with Gasteiger partial charge >= 0.3 is 0 Å². The Labute approximate surface area is 128 Å². The molecule has 114 valence electrons. The first-order chi connectivity index (χ1) is 10.0. The molecular formula is C17H26N4. The topological polar surface area (TPSA) is 52.8 Å². The molecule has 0 unspecified atom stereocenters. The minimum atomic E-state index is 0.697. The van der Waals surface area contributed by atoms with Gasteiger partial charge in [0.05, 0.1) is 5.69 Å². The van der Waals surface area contributed by atoms with Crippen molar-refractivity contribution in [1.82, 2.24) is 10.2 Å². The van der Waals surface area contributed by atoms with Crippen LogP contribution in [0.25, 0.3) is 0 Å². The van der Waals surface area contributed by atoms with Crippen molar-refractivity contribution in [1.29, 1.82) is 5.26 Å². The lowest BCUT2D eigenvalue weighted by Crippen LogP contribution is -2.35. The summed E-state index contributed by atoms with van der Waals surface area (Å²) in [4.78, 5) is 2.24. The smallest absolute Gasteiger partial charge is 0.169 e. The molecule has 1 aliphatic heterocycles. The average Bonchev–Trinajstić information content (AvgIpc) is 2.48. The van der Waals surface area contributed by atoms with Crippen LogP contribution in [0, 0.1) is 37.0 Å². The summed E-state index contributed by atoms with van der Waals surface area (Å²) in [5, 5.41) is 17.9. The molecule has 21 heavy (non-hydrogen) atoms. The number of rotatable bonds is 4. The largest absolute Gasteiger partial charge is 0.354 e. The summed E-state index contributed by atoms with van der Waals surface area (Å²) in [6.45, 7) is 10.4. The summed E-state index contributed by atoms with van der Waals surface area (Å²) in [7, 11) is 0. The normalized spacial score (nSPS) is 16.3. The Morgan fingerprint density at radius 3 is 2.48 bits per heavy atom. The van der Waals surface area contributed by atoms with Crippen molar-refractivity contribution in [3.8, 4) is 6.07 Å². The molecule has 0 atom stereocenters. The summed E-state index contributed by atoms with van der Waals surface area (Å²) >= 11 is 0. The van der Waals surface area contributed by atoms with Gasteiger partial charge in [-0.2, -0.15) is 10.4 Å². The van der Waals surface area contributed by atoms with Gasteiger partial charge in [-0.1, -0.05) is 26.7 Å². The van der Waals surface area contributed by atoms with E-state index in [0.29, 0.717) is 5.56 Å². The van der Waals surface area contributed by atoms with E-state index < -0.39 is 0 Å². The fraction of sp³-hybridized carbons (Fsp3) is 0.706. The van der Waals surface area contributed by atoms with Gasteiger partial charge in [-0.3, -0.25) is 0 Å². The zero-order valence-corrected chi connectivity index (χ0v) is 13.7. The number of nitriles is 1. The predicted octanol–water partition coefficient (Wildman–Crippen LogP) is 3.62. The third-order valence-corrected chi connectivity index (χ3v) is 4.61. The van der Waals surface area contributed by atoms with Crippen molar-refractivity contribution in [2.45, 2.75) is 53.4 Å². The minimum absolute atomic E-state index is 0.697. The Hall–Kier alpha value is -1.63. The minimum Gasteiger partial charge on any atom is -0.354 e. The van der Waals surface area contributed by atoms with Gasteiger partial charge in [0.1, 0.15) is 11.6 Å². The SMILES string of the molecule is Cc1nnc(N2CCC(CCC(C)C)CC2)c(C#N)c1C. The van der Waals surface area contributed by atoms with Crippen molar-refractivity contribution >= 4 is 5.82 Å². The van der Waals surface area contributed by atoms with Gasteiger partial charge in [0.2, 0.25) is 0 Å². The second-order valence-corrected chi connectivity index (χ2v) is 6.62. The van der Waals surface area contributed by atoms with E-state index in [-0.39, 0.29) is 0 Å². The number of hydrogen-bond donors (Lipinski definition) is 0. The molecule has 1 aliphatic rings. The second kappa shape index (κ2) is 6.89. The first-order valence-corrected chi connectivity index (χ1v) is 8.01. The van der Waals surface area contributed by atoms with Crippen LogP contribution in [0.4, 0.5) is 5.82 Å². The zero-order valence-electron chi connectivity index (χ0n) is 13.7. The molecule has 0 saturated carbocycles. The highest BCUT2D eigenvalue weighted by Gasteiger charge is 2.23. The Kier molecular flexibility index (Phi) is 5.17. The van der Waals surface area contributed by atoms with E-state index in [4.69, 9.17) is 0 Å². The van der Waals surface area contributed by atoms with Gasteiger partial charge in [0, 0.05) is 13.1 Å². The highest BCUT2D eigenvalue weighted by atomic mass is 15.3. The standard InChI is InChI=1S/C17H26N4/c1-12(2)5-6-15-7-9-21(10-8-15)17-16(11-18)13(3)14(4)19-20-17/h12,15H,5-10H2,1-4H3. The molecule has 0 bridgehead atoms. The fourth-order valence-electron chi connectivity index (χ4n) is 2.95. The van der Waals surface area contributed by atoms with Crippen LogP contribution < -0.4 is 4.90 Å². The molecule has 4 nitrogen and oxygen atoms in total. The predicted molar refractivity (Wildman–Crippen MR) is 85.2 cm³/mol. The molecule has 0 aromatic carbocycles. The zero-order chi connectivity index (χ0) is 15.4. The van der Waals surface area contributed by atoms with Gasteiger partial charge in [0.25, 0.3) is 0 Å². The van der Waals surface area contributed by atoms with Crippen LogP contribution in [0.15, 0.2) is 0 Å². The number of nitrogens with zero attached hydrogens (tertiary/aromatic N) is 4. The lowest BCUT2D eigenvalue weighted by molar-refractivity contribution is 0.350. The summed E-state index contributed by atoms with van der Waals surface area (Å²) in [5.41, 5.74) is 2.51. The van der Waals surface area contributed by atoms with Crippen molar-refractivity contribution in [2.75, 3.05) is 18.0 Å². The third kappa shape index (κ3) is 3.72. The van der Waals surface area contributed by atoms with Crippen LogP contribution in [0.2, 0.25) is 0 Å². The molecule has 2 heterocycles. The van der Waals surface area contributed by atoms with E-state index >= 15 is 0 Å². The van der Waals surface area contributed by atoms with Gasteiger partial charge < -0.3 is 4.90 Å². The van der Waals surface area contributed by atoms with Crippen LogP contribution in [0.3, 0.4) is 0 Å². The van der Waals surface area contributed by atoms with Crippen molar-refractivity contribution in [2.24, 2.45) is 11.8 Å². The second-order valence-electron chi connectivity index (χ2n) is 6.62. The van der Waals surface area contributed by atoms with E-state index in [1.54, 1.807) is 0 Å². The molecule has 1 saturated heterocycles. The van der Waals surface area contributed by atoms with Gasteiger partial charge in [-0.25, -0.2) is 0 Å². The highest BCUT2D eigenvalue weighted by Crippen LogP contribution is 2.28. The molecule has 0 aliphatic carbocycles. The van der Waals surface area contributed by atoms with E-state index in [0.717, 1.165) is 42.0 Å². The van der Waals surface area contributed by atoms with Gasteiger partial charge in [-0.05, 0) is 44.1 Å². The summed E-state index contributed by atoms with van der Waals surface area (Å²) < 4.78 is 0. The van der Waals surface area contributed by atoms with Crippen molar-refractivity contribution < 1.29 is 0 Å². The van der Waals surface area contributed by atoms with E-state index in [1.807, 2.05) is 13.8 Å². The lowest BCUT2D eigenvalue weighted by atomic mass is 9.89. The maximum absolute atomic E-state index is 9.41. The van der Waals surface area contributed by atoms with Gasteiger partial charge in [0.15, 0.2) is 5.82 Å². The van der Waals surface area contributed by atoms with E-state index in [9.17, 15) is 5.26 Å². The monoisotopic (exact) mass is 286 g/mol. The lowest BCUT2D eigenvalue weighted by Gasteiger charge is -2.33. The molecule has 0 spiro atoms. The summed E-state index contributed by atoms with van der Waals surface area (Å²) in [5.74, 6) is 2.40. The maximum Gasteiger partial charge on any atom is 0.169 e. The molecule has 0 N–H and O–H groups in total. The molecule has 0 amide bonds. The number of piperidine rings is 1. The van der Waals surface area contributed by atoms with Crippen LogP contribution in [0.1, 0.15) is 56.4 Å². The Balaban J connectivity index is 2.03. The van der Waals surface area contributed by atoms with Crippen LogP contribution in [0.5, 0.6) is 0 Å². The summed E-state index contributed by atoms with van der Waals surface area (Å²) in [6, 6.07) is 2.31. The highest BCUT2D eigenvalue weighted by molar-refractivity contribution is 5.57. The first-order valence-electron chi connectivity index (χ1n) is 8.01. The molecule has 1 aromatic rings. The molecule has 4 heteroatoms. The number of aromatic nitrogens is 2. The molecule has 1 aromatic heterocycles. The Morgan fingerprint density at radius 2 is 1.90 bits per heavy atom. The number of aryl methyl sites for hydroxylation is 1. The molecule has 0 radical (unpaired) electrons. The Morgan fingerprint density at radius 1 is 1.24 bits per heavy atom. The maximum atomic E-state index is 9.41. The Bertz CT molecular complexity index is 522. The number of anilines is 1. The van der Waals surface area contributed by atoms with E-state index in [2.05, 4.69) is 35.0 Å². The van der Waals surface area contributed by atoms with Crippen molar-refractivity contribution in [3.05, 3.63) is 16.8 Å². The van der Waals surface area contributed by atoms with Crippen LogP contribution in [-0.4, -0.2) is 23.3 Å². The van der Waals surface area contributed by atoms with E-state index in [1.165, 1.54) is 25.7 Å². The quantitative estimate of drug-likeness (QED) is 0.848. The fourth-order valence-corrected chi connectivity index (χ4v) is 2.95. The number of hydrogen-bond acceptors (Lipinski definition) is 4. The third-order valence-electron chi connectivity index (χ3n) is 4.61. The molecule has 2 rings (SSSR count). The van der Waals surface area contributed by atoms with Crippen LogP contribution >= 0.6 is 0 Å². The molecular weight excluding hydrogens is 260 g/mol. The van der Waals surface area contributed by atoms with Crippen molar-refractivity contribution in [3.63, 3.8) is 0 Å². The first kappa shape index (κ1) is 15.8. The average molecular weight is 286 g/mol. The van der Waals surface area contributed by atoms with Crippen LogP contribution in [-0.2, 0) is 0 Å². The van der Waals surface area contributed by atoms with Gasteiger partial charge in [-0.15, -0.1) is 5.10 Å². The molecule has 1 fully saturated rings. The summed E-state index contributed by atoms with van der Waals surface area (Å²) in [6.07, 6.45) is 5.05.